The maximum atomic E-state index is 9.17. The number of aliphatic hydroxyl groups excluding tert-OH is 1. The molecular formula is C15H20N2O3. The predicted octanol–water partition coefficient (Wildman–Crippen LogP) is 2.07. The number of anilines is 1. The summed E-state index contributed by atoms with van der Waals surface area (Å²) in [6.45, 7) is 3.47. The third-order valence-corrected chi connectivity index (χ3v) is 3.30. The number of pyridine rings is 1. The fraction of sp³-hybridized carbons (Fsp3) is 0.400. The Hall–Kier alpha value is -2.01. The minimum absolute atomic E-state index is 0.0964. The third-order valence-electron chi connectivity index (χ3n) is 3.30. The van der Waals surface area contributed by atoms with Gasteiger partial charge < -0.3 is 19.5 Å². The zero-order valence-corrected chi connectivity index (χ0v) is 12.1. The predicted molar refractivity (Wildman–Crippen MR) is 79.8 cm³/mol. The van der Waals surface area contributed by atoms with Gasteiger partial charge in [-0.25, -0.2) is 4.98 Å². The zero-order valence-electron chi connectivity index (χ0n) is 12.1. The van der Waals surface area contributed by atoms with Crippen LogP contribution in [0, 0.1) is 0 Å². The molecule has 1 N–H and O–H groups in total. The Morgan fingerprint density at radius 3 is 2.50 bits per heavy atom. The molecule has 108 valence electrons. The van der Waals surface area contributed by atoms with Gasteiger partial charge in [-0.05, 0) is 30.5 Å². The second-order valence-electron chi connectivity index (χ2n) is 4.37. The standard InChI is InChI=1S/C15H20N2O3/c1-4-17(7-8-18)15-12-10-14(20-3)13(19-2)9-11(12)5-6-16-15/h5-6,9-10,18H,4,7-8H2,1-3H3. The lowest BCUT2D eigenvalue weighted by atomic mass is 10.1. The van der Waals surface area contributed by atoms with E-state index in [2.05, 4.69) is 4.98 Å². The molecule has 5 nitrogen and oxygen atoms in total. The molecule has 1 aromatic heterocycles. The van der Waals surface area contributed by atoms with Gasteiger partial charge >= 0.3 is 0 Å². The molecule has 0 fully saturated rings. The first-order valence-corrected chi connectivity index (χ1v) is 6.61. The molecule has 0 aliphatic rings. The molecule has 0 bridgehead atoms. The fourth-order valence-corrected chi connectivity index (χ4v) is 2.27. The molecule has 2 aromatic rings. The van der Waals surface area contributed by atoms with Crippen LogP contribution in [-0.4, -0.2) is 44.0 Å². The number of aliphatic hydroxyl groups is 1. The Kier molecular flexibility index (Phi) is 4.63. The first-order chi connectivity index (χ1) is 9.74. The van der Waals surface area contributed by atoms with Gasteiger partial charge in [0, 0.05) is 24.7 Å². The Labute approximate surface area is 118 Å². The minimum Gasteiger partial charge on any atom is -0.493 e. The van der Waals surface area contributed by atoms with Crippen LogP contribution >= 0.6 is 0 Å². The topological polar surface area (TPSA) is 54.8 Å². The largest absolute Gasteiger partial charge is 0.493 e. The van der Waals surface area contributed by atoms with Crippen molar-refractivity contribution in [1.82, 2.24) is 4.98 Å². The van der Waals surface area contributed by atoms with Crippen molar-refractivity contribution < 1.29 is 14.6 Å². The van der Waals surface area contributed by atoms with Crippen molar-refractivity contribution in [2.24, 2.45) is 0 Å². The van der Waals surface area contributed by atoms with Crippen molar-refractivity contribution in [1.29, 1.82) is 0 Å². The van der Waals surface area contributed by atoms with Gasteiger partial charge in [-0.2, -0.15) is 0 Å². The van der Waals surface area contributed by atoms with Crippen LogP contribution < -0.4 is 14.4 Å². The van der Waals surface area contributed by atoms with Crippen molar-refractivity contribution in [2.45, 2.75) is 6.92 Å². The molecule has 0 atom stereocenters. The quantitative estimate of drug-likeness (QED) is 0.875. The summed E-state index contributed by atoms with van der Waals surface area (Å²) in [5.74, 6) is 2.22. The van der Waals surface area contributed by atoms with E-state index in [0.717, 1.165) is 23.1 Å². The van der Waals surface area contributed by atoms with Crippen LogP contribution in [-0.2, 0) is 0 Å². The SMILES string of the molecule is CCN(CCO)c1nccc2cc(OC)c(OC)cc12. The van der Waals surface area contributed by atoms with Crippen LogP contribution in [0.5, 0.6) is 11.5 Å². The van der Waals surface area contributed by atoms with Crippen LogP contribution in [0.15, 0.2) is 24.4 Å². The maximum Gasteiger partial charge on any atom is 0.161 e. The first kappa shape index (κ1) is 14.4. The Balaban J connectivity index is 2.61. The second kappa shape index (κ2) is 6.43. The van der Waals surface area contributed by atoms with E-state index in [1.165, 1.54) is 0 Å². The normalized spacial score (nSPS) is 10.6. The highest BCUT2D eigenvalue weighted by Crippen LogP contribution is 2.35. The van der Waals surface area contributed by atoms with Gasteiger partial charge in [-0.1, -0.05) is 0 Å². The minimum atomic E-state index is 0.0964. The van der Waals surface area contributed by atoms with E-state index in [4.69, 9.17) is 14.6 Å². The lowest BCUT2D eigenvalue weighted by Crippen LogP contribution is -2.27. The van der Waals surface area contributed by atoms with Crippen LogP contribution in [0.3, 0.4) is 0 Å². The number of ether oxygens (including phenoxy) is 2. The van der Waals surface area contributed by atoms with E-state index in [0.29, 0.717) is 18.0 Å². The number of likely N-dealkylation sites (N-methyl/N-ethyl adjacent to an activating group) is 1. The lowest BCUT2D eigenvalue weighted by Gasteiger charge is -2.22. The molecule has 1 aromatic carbocycles. The first-order valence-electron chi connectivity index (χ1n) is 6.61. The molecule has 0 aliphatic heterocycles. The number of fused-ring (bicyclic) bond motifs is 1. The third kappa shape index (κ3) is 2.63. The van der Waals surface area contributed by atoms with E-state index in [1.807, 2.05) is 30.0 Å². The van der Waals surface area contributed by atoms with Gasteiger partial charge in [-0.3, -0.25) is 0 Å². The molecule has 1 heterocycles. The average molecular weight is 276 g/mol. The molecule has 2 rings (SSSR count). The Bertz CT molecular complexity index is 587. The number of aromatic nitrogens is 1. The van der Waals surface area contributed by atoms with Crippen molar-refractivity contribution in [2.75, 3.05) is 38.8 Å². The van der Waals surface area contributed by atoms with Gasteiger partial charge in [-0.15, -0.1) is 0 Å². The molecular weight excluding hydrogens is 256 g/mol. The van der Waals surface area contributed by atoms with Gasteiger partial charge in [0.15, 0.2) is 11.5 Å². The summed E-state index contributed by atoms with van der Waals surface area (Å²) in [4.78, 5) is 6.48. The molecule has 0 amide bonds. The highest BCUT2D eigenvalue weighted by Gasteiger charge is 2.13. The number of nitrogens with zero attached hydrogens (tertiary/aromatic N) is 2. The number of rotatable bonds is 6. The summed E-state index contributed by atoms with van der Waals surface area (Å²) >= 11 is 0. The van der Waals surface area contributed by atoms with Crippen LogP contribution in [0.25, 0.3) is 10.8 Å². The van der Waals surface area contributed by atoms with Gasteiger partial charge in [0.25, 0.3) is 0 Å². The number of hydrogen-bond acceptors (Lipinski definition) is 5. The van der Waals surface area contributed by atoms with Gasteiger partial charge in [0.2, 0.25) is 0 Å². The van der Waals surface area contributed by atoms with E-state index in [1.54, 1.807) is 20.4 Å². The zero-order chi connectivity index (χ0) is 14.5. The summed E-state index contributed by atoms with van der Waals surface area (Å²) in [7, 11) is 3.24. The summed E-state index contributed by atoms with van der Waals surface area (Å²) in [5, 5.41) is 11.2. The van der Waals surface area contributed by atoms with Crippen LogP contribution in [0.4, 0.5) is 5.82 Å². The molecule has 0 saturated heterocycles. The molecule has 0 aliphatic carbocycles. The number of methoxy groups -OCH3 is 2. The molecule has 5 heteroatoms. The van der Waals surface area contributed by atoms with Crippen LogP contribution in [0.2, 0.25) is 0 Å². The molecule has 0 radical (unpaired) electrons. The number of benzene rings is 1. The van der Waals surface area contributed by atoms with Gasteiger partial charge in [0.1, 0.15) is 5.82 Å². The Morgan fingerprint density at radius 1 is 1.20 bits per heavy atom. The number of hydrogen-bond donors (Lipinski definition) is 1. The van der Waals surface area contributed by atoms with Crippen molar-refractivity contribution in [3.05, 3.63) is 24.4 Å². The van der Waals surface area contributed by atoms with E-state index in [9.17, 15) is 0 Å². The lowest BCUT2D eigenvalue weighted by molar-refractivity contribution is 0.302. The molecule has 0 spiro atoms. The Morgan fingerprint density at radius 2 is 1.90 bits per heavy atom. The van der Waals surface area contributed by atoms with Crippen molar-refractivity contribution >= 4 is 16.6 Å². The average Bonchev–Trinajstić information content (AvgIpc) is 2.50. The molecule has 20 heavy (non-hydrogen) atoms. The molecule has 0 unspecified atom stereocenters. The van der Waals surface area contributed by atoms with E-state index in [-0.39, 0.29) is 6.61 Å². The monoisotopic (exact) mass is 276 g/mol. The summed E-state index contributed by atoms with van der Waals surface area (Å²) in [6, 6.07) is 5.80. The summed E-state index contributed by atoms with van der Waals surface area (Å²) in [6.07, 6.45) is 1.77. The van der Waals surface area contributed by atoms with E-state index >= 15 is 0 Å². The fourth-order valence-electron chi connectivity index (χ4n) is 2.27. The second-order valence-corrected chi connectivity index (χ2v) is 4.37. The summed E-state index contributed by atoms with van der Waals surface area (Å²) < 4.78 is 10.7. The van der Waals surface area contributed by atoms with Crippen molar-refractivity contribution in [3.63, 3.8) is 0 Å². The van der Waals surface area contributed by atoms with Crippen LogP contribution in [0.1, 0.15) is 6.92 Å². The molecule has 0 saturated carbocycles. The van der Waals surface area contributed by atoms with Gasteiger partial charge in [0.05, 0.1) is 20.8 Å². The van der Waals surface area contributed by atoms with E-state index < -0.39 is 0 Å². The van der Waals surface area contributed by atoms with Crippen molar-refractivity contribution in [3.8, 4) is 11.5 Å². The maximum absolute atomic E-state index is 9.17. The smallest absolute Gasteiger partial charge is 0.161 e. The summed E-state index contributed by atoms with van der Waals surface area (Å²) in [5.41, 5.74) is 0. The highest BCUT2D eigenvalue weighted by atomic mass is 16.5. The highest BCUT2D eigenvalue weighted by molar-refractivity contribution is 5.94.